The average molecular weight is 454 g/mol. The largest absolute Gasteiger partial charge is 0.351 e. The van der Waals surface area contributed by atoms with Crippen molar-refractivity contribution < 1.29 is 18.0 Å². The standard InChI is InChI=1S/C22H16ClN3O4S/c1-13-5-4-12-24-22(13)26-31(29,30)15-10-8-14(9-11-15)25-19-18(23)20(27)16-6-2-3-7-17(16)21(19)28/h2-12,25H,1H3,(H,24,26). The number of hydrogen-bond acceptors (Lipinski definition) is 6. The molecule has 0 aliphatic heterocycles. The summed E-state index contributed by atoms with van der Waals surface area (Å²) < 4.78 is 27.7. The minimum absolute atomic E-state index is 0.0135. The number of fused-ring (bicyclic) bond motifs is 1. The third kappa shape index (κ3) is 3.95. The van der Waals surface area contributed by atoms with E-state index in [1.54, 1.807) is 43.3 Å². The van der Waals surface area contributed by atoms with Crippen molar-refractivity contribution in [1.29, 1.82) is 0 Å². The summed E-state index contributed by atoms with van der Waals surface area (Å²) in [6.07, 6.45) is 1.50. The molecule has 1 aliphatic carbocycles. The van der Waals surface area contributed by atoms with Gasteiger partial charge in [0.25, 0.3) is 10.0 Å². The zero-order valence-corrected chi connectivity index (χ0v) is 17.8. The van der Waals surface area contributed by atoms with Gasteiger partial charge in [0.1, 0.15) is 16.5 Å². The molecule has 0 amide bonds. The number of allylic oxidation sites excluding steroid dienone is 2. The number of carbonyl (C=O) groups excluding carboxylic acids is 2. The summed E-state index contributed by atoms with van der Waals surface area (Å²) in [5, 5.41) is 2.62. The van der Waals surface area contributed by atoms with Crippen molar-refractivity contribution in [3.8, 4) is 0 Å². The van der Waals surface area contributed by atoms with Gasteiger partial charge in [-0.15, -0.1) is 0 Å². The summed E-state index contributed by atoms with van der Waals surface area (Å²) in [7, 11) is -3.86. The van der Waals surface area contributed by atoms with Crippen LogP contribution in [0.25, 0.3) is 0 Å². The van der Waals surface area contributed by atoms with Crippen molar-refractivity contribution in [2.24, 2.45) is 0 Å². The normalized spacial score (nSPS) is 13.7. The summed E-state index contributed by atoms with van der Waals surface area (Å²) in [5.41, 5.74) is 1.55. The maximum atomic E-state index is 12.8. The van der Waals surface area contributed by atoms with Crippen LogP contribution < -0.4 is 10.0 Å². The van der Waals surface area contributed by atoms with E-state index in [0.29, 0.717) is 11.3 Å². The Morgan fingerprint density at radius 3 is 2.16 bits per heavy atom. The number of anilines is 2. The molecule has 7 nitrogen and oxygen atoms in total. The number of halogens is 1. The van der Waals surface area contributed by atoms with E-state index in [9.17, 15) is 18.0 Å². The molecule has 0 unspecified atom stereocenters. The quantitative estimate of drug-likeness (QED) is 0.601. The van der Waals surface area contributed by atoms with Crippen LogP contribution in [0.15, 0.2) is 82.5 Å². The average Bonchev–Trinajstić information content (AvgIpc) is 2.77. The van der Waals surface area contributed by atoms with Gasteiger partial charge in [-0.05, 0) is 42.8 Å². The van der Waals surface area contributed by atoms with E-state index < -0.39 is 21.6 Å². The Morgan fingerprint density at radius 2 is 1.52 bits per heavy atom. The number of pyridine rings is 1. The highest BCUT2D eigenvalue weighted by atomic mass is 35.5. The molecule has 9 heteroatoms. The van der Waals surface area contributed by atoms with Gasteiger partial charge in [-0.3, -0.25) is 14.3 Å². The molecular formula is C22H16ClN3O4S. The number of nitrogens with one attached hydrogen (secondary N) is 2. The number of Topliss-reactive ketones (excluding diaryl/α,β-unsaturated/α-hetero) is 2. The second-order valence-corrected chi connectivity index (χ2v) is 8.88. The zero-order valence-electron chi connectivity index (χ0n) is 16.2. The molecule has 4 rings (SSSR count). The number of ketones is 2. The van der Waals surface area contributed by atoms with Gasteiger partial charge in [0.15, 0.2) is 0 Å². The van der Waals surface area contributed by atoms with Gasteiger partial charge in [0, 0.05) is 23.0 Å². The predicted octanol–water partition coefficient (Wildman–Crippen LogP) is 4.13. The molecule has 1 aliphatic rings. The monoisotopic (exact) mass is 453 g/mol. The number of aryl methyl sites for hydroxylation is 1. The van der Waals surface area contributed by atoms with Crippen LogP contribution in [0.4, 0.5) is 11.5 Å². The van der Waals surface area contributed by atoms with Gasteiger partial charge in [0.05, 0.1) is 4.90 Å². The molecule has 0 bridgehead atoms. The van der Waals surface area contributed by atoms with E-state index in [2.05, 4.69) is 15.0 Å². The molecule has 0 saturated heterocycles. The van der Waals surface area contributed by atoms with Gasteiger partial charge in [-0.2, -0.15) is 0 Å². The fourth-order valence-electron chi connectivity index (χ4n) is 3.10. The highest BCUT2D eigenvalue weighted by Gasteiger charge is 2.31. The van der Waals surface area contributed by atoms with E-state index >= 15 is 0 Å². The Bertz CT molecular complexity index is 1350. The lowest BCUT2D eigenvalue weighted by atomic mass is 9.92. The van der Waals surface area contributed by atoms with E-state index in [1.165, 1.54) is 30.5 Å². The SMILES string of the molecule is Cc1cccnc1NS(=O)(=O)c1ccc(NC2=C(Cl)C(=O)c3ccccc3C2=O)cc1. The highest BCUT2D eigenvalue weighted by Crippen LogP contribution is 2.29. The van der Waals surface area contributed by atoms with Crippen LogP contribution in [0, 0.1) is 6.92 Å². The lowest BCUT2D eigenvalue weighted by Crippen LogP contribution is -2.24. The third-order valence-electron chi connectivity index (χ3n) is 4.74. The summed E-state index contributed by atoms with van der Waals surface area (Å²) in [6, 6.07) is 15.6. The fourth-order valence-corrected chi connectivity index (χ4v) is 4.41. The van der Waals surface area contributed by atoms with Crippen LogP contribution in [0.1, 0.15) is 26.3 Å². The Labute approximate surface area is 183 Å². The molecule has 0 spiro atoms. The number of benzene rings is 2. The topological polar surface area (TPSA) is 105 Å². The number of carbonyl (C=O) groups is 2. The first-order valence-electron chi connectivity index (χ1n) is 9.17. The molecular weight excluding hydrogens is 438 g/mol. The number of sulfonamides is 1. The van der Waals surface area contributed by atoms with Crippen LogP contribution in [0.2, 0.25) is 0 Å². The minimum atomic E-state index is -3.86. The van der Waals surface area contributed by atoms with Crippen LogP contribution in [-0.2, 0) is 10.0 Å². The van der Waals surface area contributed by atoms with Crippen molar-refractivity contribution in [2.45, 2.75) is 11.8 Å². The van der Waals surface area contributed by atoms with Crippen molar-refractivity contribution in [3.05, 3.63) is 94.3 Å². The van der Waals surface area contributed by atoms with E-state index in [-0.39, 0.29) is 32.6 Å². The highest BCUT2D eigenvalue weighted by molar-refractivity contribution is 7.92. The third-order valence-corrected chi connectivity index (χ3v) is 6.45. The van der Waals surface area contributed by atoms with Gasteiger partial charge >= 0.3 is 0 Å². The lowest BCUT2D eigenvalue weighted by molar-refractivity contribution is 0.0982. The van der Waals surface area contributed by atoms with Gasteiger partial charge in [0.2, 0.25) is 11.6 Å². The first kappa shape index (κ1) is 20.8. The summed E-state index contributed by atoms with van der Waals surface area (Å²) in [6.45, 7) is 1.75. The van der Waals surface area contributed by atoms with Crippen molar-refractivity contribution in [1.82, 2.24) is 4.98 Å². The van der Waals surface area contributed by atoms with Crippen molar-refractivity contribution >= 4 is 44.7 Å². The maximum Gasteiger partial charge on any atom is 0.263 e. The van der Waals surface area contributed by atoms with Crippen LogP contribution in [0.3, 0.4) is 0 Å². The maximum absolute atomic E-state index is 12.8. The first-order chi connectivity index (χ1) is 14.8. The second kappa shape index (κ2) is 7.98. The minimum Gasteiger partial charge on any atom is -0.351 e. The summed E-state index contributed by atoms with van der Waals surface area (Å²) in [4.78, 5) is 29.3. The molecule has 2 aromatic carbocycles. The smallest absolute Gasteiger partial charge is 0.263 e. The number of nitrogens with zero attached hydrogens (tertiary/aromatic N) is 1. The van der Waals surface area contributed by atoms with Gasteiger partial charge < -0.3 is 5.32 Å². The van der Waals surface area contributed by atoms with Crippen LogP contribution in [-0.4, -0.2) is 25.0 Å². The molecule has 0 radical (unpaired) electrons. The molecule has 2 N–H and O–H groups in total. The summed E-state index contributed by atoms with van der Waals surface area (Å²) in [5.74, 6) is -0.621. The van der Waals surface area contributed by atoms with Crippen LogP contribution >= 0.6 is 11.6 Å². The lowest BCUT2D eigenvalue weighted by Gasteiger charge is -2.19. The molecule has 31 heavy (non-hydrogen) atoms. The van der Waals surface area contributed by atoms with Gasteiger partial charge in [-0.1, -0.05) is 41.9 Å². The van der Waals surface area contributed by atoms with Gasteiger partial charge in [-0.25, -0.2) is 13.4 Å². The molecule has 1 aromatic heterocycles. The molecule has 0 fully saturated rings. The molecule has 0 atom stereocenters. The van der Waals surface area contributed by atoms with E-state index in [4.69, 9.17) is 11.6 Å². The Morgan fingerprint density at radius 1 is 0.871 bits per heavy atom. The second-order valence-electron chi connectivity index (χ2n) is 6.82. The van der Waals surface area contributed by atoms with Crippen molar-refractivity contribution in [3.63, 3.8) is 0 Å². The van der Waals surface area contributed by atoms with E-state index in [0.717, 1.165) is 0 Å². The number of rotatable bonds is 5. The molecule has 1 heterocycles. The van der Waals surface area contributed by atoms with Crippen LogP contribution in [0.5, 0.6) is 0 Å². The predicted molar refractivity (Wildman–Crippen MR) is 118 cm³/mol. The first-order valence-corrected chi connectivity index (χ1v) is 11.0. The van der Waals surface area contributed by atoms with Crippen molar-refractivity contribution in [2.75, 3.05) is 10.0 Å². The Balaban J connectivity index is 1.58. The van der Waals surface area contributed by atoms with E-state index in [1.807, 2.05) is 0 Å². The summed E-state index contributed by atoms with van der Waals surface area (Å²) >= 11 is 6.15. The number of hydrogen-bond donors (Lipinski definition) is 2. The molecule has 156 valence electrons. The molecule has 3 aromatic rings. The Kier molecular flexibility index (Phi) is 5.34. The fraction of sp³-hybridized carbons (Fsp3) is 0.0455. The Hall–Kier alpha value is -3.49. The molecule has 0 saturated carbocycles. The zero-order chi connectivity index (χ0) is 22.2. The number of aromatic nitrogens is 1.